The molecule has 0 aliphatic carbocycles. The molecule has 2 N–H and O–H groups in total. The molecule has 0 aromatic heterocycles. The quantitative estimate of drug-likeness (QED) is 0.806. The maximum absolute atomic E-state index is 13.4. The molecule has 18 heavy (non-hydrogen) atoms. The van der Waals surface area contributed by atoms with Crippen LogP contribution in [0.4, 0.5) is 10.1 Å². The van der Waals surface area contributed by atoms with E-state index in [2.05, 4.69) is 0 Å². The zero-order valence-corrected chi connectivity index (χ0v) is 11.0. The Morgan fingerprint density at radius 1 is 1.39 bits per heavy atom. The second-order valence-corrected chi connectivity index (χ2v) is 6.24. The molecule has 0 unspecified atom stereocenters. The van der Waals surface area contributed by atoms with Crippen molar-refractivity contribution in [3.05, 3.63) is 29.6 Å². The van der Waals surface area contributed by atoms with Crippen LogP contribution in [-0.2, 0) is 20.4 Å². The van der Waals surface area contributed by atoms with Gasteiger partial charge in [-0.3, -0.25) is 4.79 Å². The van der Waals surface area contributed by atoms with E-state index in [0.29, 0.717) is 0 Å². The van der Waals surface area contributed by atoms with Gasteiger partial charge in [-0.2, -0.15) is 0 Å². The fraction of sp³-hybridized carbons (Fsp3) is 0.364. The Balaban J connectivity index is 2.86. The molecule has 7 heteroatoms. The molecule has 0 aliphatic heterocycles. The molecule has 0 spiro atoms. The third kappa shape index (κ3) is 3.99. The van der Waals surface area contributed by atoms with E-state index < -0.39 is 33.1 Å². The van der Waals surface area contributed by atoms with Gasteiger partial charge in [0.25, 0.3) is 0 Å². The van der Waals surface area contributed by atoms with Crippen molar-refractivity contribution < 1.29 is 17.6 Å². The molecule has 100 valence electrons. The number of benzene rings is 1. The lowest BCUT2D eigenvalue weighted by molar-refractivity contribution is -0.125. The third-order valence-electron chi connectivity index (χ3n) is 2.29. The molecular formula is C11H15FN2O3S. The van der Waals surface area contributed by atoms with E-state index in [-0.39, 0.29) is 11.3 Å². The van der Waals surface area contributed by atoms with Crippen molar-refractivity contribution in [1.82, 2.24) is 4.90 Å². The lowest BCUT2D eigenvalue weighted by atomic mass is 10.2. The number of nitrogens with zero attached hydrogens (tertiary/aromatic N) is 1. The standard InChI is InChI=1S/C11H15FN2O3S/c1-14(2)11(15)7-18(16,17)6-8-3-4-9(13)5-10(8)12/h3-5H,6-7,13H2,1-2H3. The van der Waals surface area contributed by atoms with Gasteiger partial charge in [-0.1, -0.05) is 6.07 Å². The van der Waals surface area contributed by atoms with Crippen LogP contribution in [0.15, 0.2) is 18.2 Å². The fourth-order valence-electron chi connectivity index (χ4n) is 1.29. The lowest BCUT2D eigenvalue weighted by Gasteiger charge is -2.11. The highest BCUT2D eigenvalue weighted by atomic mass is 32.2. The minimum absolute atomic E-state index is 0.00996. The van der Waals surface area contributed by atoms with Crippen LogP contribution >= 0.6 is 0 Å². The predicted molar refractivity (Wildman–Crippen MR) is 67.0 cm³/mol. The summed E-state index contributed by atoms with van der Waals surface area (Å²) in [6.45, 7) is 0. The number of amides is 1. The summed E-state index contributed by atoms with van der Waals surface area (Å²) < 4.78 is 36.9. The number of hydrogen-bond acceptors (Lipinski definition) is 4. The molecule has 0 fully saturated rings. The Morgan fingerprint density at radius 2 is 2.00 bits per heavy atom. The highest BCUT2D eigenvalue weighted by molar-refractivity contribution is 7.91. The van der Waals surface area contributed by atoms with Gasteiger partial charge < -0.3 is 10.6 Å². The molecule has 0 aliphatic rings. The molecule has 1 amide bonds. The summed E-state index contributed by atoms with van der Waals surface area (Å²) in [5, 5.41) is 0. The summed E-state index contributed by atoms with van der Waals surface area (Å²) in [5.74, 6) is -2.37. The van der Waals surface area contributed by atoms with Crippen molar-refractivity contribution in [3.63, 3.8) is 0 Å². The van der Waals surface area contributed by atoms with Crippen molar-refractivity contribution in [2.45, 2.75) is 5.75 Å². The van der Waals surface area contributed by atoms with E-state index in [9.17, 15) is 17.6 Å². The number of anilines is 1. The number of carbonyl (C=O) groups is 1. The van der Waals surface area contributed by atoms with Gasteiger partial charge in [0.2, 0.25) is 5.91 Å². The number of nitrogens with two attached hydrogens (primary N) is 1. The van der Waals surface area contributed by atoms with Crippen LogP contribution in [0, 0.1) is 5.82 Å². The van der Waals surface area contributed by atoms with Gasteiger partial charge in [0.15, 0.2) is 9.84 Å². The van der Waals surface area contributed by atoms with E-state index in [0.717, 1.165) is 6.07 Å². The monoisotopic (exact) mass is 274 g/mol. The number of rotatable bonds is 4. The second kappa shape index (κ2) is 5.34. The Bertz CT molecular complexity index is 555. The first-order chi connectivity index (χ1) is 8.21. The van der Waals surface area contributed by atoms with Crippen LogP contribution in [0.3, 0.4) is 0 Å². The van der Waals surface area contributed by atoms with E-state index in [1.165, 1.54) is 31.1 Å². The minimum atomic E-state index is -3.69. The van der Waals surface area contributed by atoms with Crippen molar-refractivity contribution in [2.75, 3.05) is 25.6 Å². The van der Waals surface area contributed by atoms with Crippen molar-refractivity contribution in [1.29, 1.82) is 0 Å². The zero-order chi connectivity index (χ0) is 13.9. The largest absolute Gasteiger partial charge is 0.399 e. The molecule has 0 heterocycles. The van der Waals surface area contributed by atoms with Crippen LogP contribution in [-0.4, -0.2) is 39.1 Å². The van der Waals surface area contributed by atoms with Crippen LogP contribution in [0.25, 0.3) is 0 Å². The molecule has 1 aromatic carbocycles. The fourth-order valence-corrected chi connectivity index (χ4v) is 2.73. The first-order valence-electron chi connectivity index (χ1n) is 5.16. The van der Waals surface area contributed by atoms with E-state index in [1.807, 2.05) is 0 Å². The Kier molecular flexibility index (Phi) is 4.28. The molecule has 1 aromatic rings. The second-order valence-electron chi connectivity index (χ2n) is 4.17. The average molecular weight is 274 g/mol. The number of nitrogen functional groups attached to an aromatic ring is 1. The normalized spacial score (nSPS) is 11.3. The van der Waals surface area contributed by atoms with Gasteiger partial charge in [-0.05, 0) is 12.1 Å². The number of halogens is 1. The molecular weight excluding hydrogens is 259 g/mol. The van der Waals surface area contributed by atoms with Gasteiger partial charge >= 0.3 is 0 Å². The summed E-state index contributed by atoms with van der Waals surface area (Å²) in [7, 11) is -0.766. The number of sulfone groups is 1. The average Bonchev–Trinajstić information content (AvgIpc) is 2.21. The highest BCUT2D eigenvalue weighted by Gasteiger charge is 2.20. The van der Waals surface area contributed by atoms with Gasteiger partial charge in [-0.15, -0.1) is 0 Å². The van der Waals surface area contributed by atoms with E-state index in [4.69, 9.17) is 5.73 Å². The maximum Gasteiger partial charge on any atom is 0.237 e. The Hall–Kier alpha value is -1.63. The minimum Gasteiger partial charge on any atom is -0.399 e. The summed E-state index contributed by atoms with van der Waals surface area (Å²) >= 11 is 0. The van der Waals surface area contributed by atoms with Crippen LogP contribution in [0.1, 0.15) is 5.56 Å². The first kappa shape index (κ1) is 14.4. The SMILES string of the molecule is CN(C)C(=O)CS(=O)(=O)Cc1ccc(N)cc1F. The van der Waals surface area contributed by atoms with Crippen LogP contribution in [0.5, 0.6) is 0 Å². The highest BCUT2D eigenvalue weighted by Crippen LogP contribution is 2.15. The lowest BCUT2D eigenvalue weighted by Crippen LogP contribution is -2.29. The predicted octanol–water partition coefficient (Wildman–Crippen LogP) is 0.411. The number of carbonyl (C=O) groups excluding carboxylic acids is 1. The van der Waals surface area contributed by atoms with Gasteiger partial charge in [0, 0.05) is 25.3 Å². The van der Waals surface area contributed by atoms with Crippen molar-refractivity contribution in [2.24, 2.45) is 0 Å². The topological polar surface area (TPSA) is 80.5 Å². The Labute approximate surface area is 105 Å². The van der Waals surface area contributed by atoms with Gasteiger partial charge in [-0.25, -0.2) is 12.8 Å². The molecule has 0 atom stereocenters. The smallest absolute Gasteiger partial charge is 0.237 e. The molecule has 0 bridgehead atoms. The third-order valence-corrected chi connectivity index (χ3v) is 3.73. The maximum atomic E-state index is 13.4. The summed E-state index contributed by atoms with van der Waals surface area (Å²) in [4.78, 5) is 12.5. The van der Waals surface area contributed by atoms with E-state index >= 15 is 0 Å². The molecule has 0 saturated heterocycles. The summed E-state index contributed by atoms with van der Waals surface area (Å²) in [6.07, 6.45) is 0. The first-order valence-corrected chi connectivity index (χ1v) is 6.98. The molecule has 0 saturated carbocycles. The van der Waals surface area contributed by atoms with Crippen molar-refractivity contribution in [3.8, 4) is 0 Å². The van der Waals surface area contributed by atoms with Gasteiger partial charge in [0.05, 0.1) is 5.75 Å². The van der Waals surface area contributed by atoms with Gasteiger partial charge in [0.1, 0.15) is 11.6 Å². The summed E-state index contributed by atoms with van der Waals surface area (Å²) in [6, 6.07) is 3.78. The molecule has 5 nitrogen and oxygen atoms in total. The number of hydrogen-bond donors (Lipinski definition) is 1. The zero-order valence-electron chi connectivity index (χ0n) is 10.2. The van der Waals surface area contributed by atoms with Crippen molar-refractivity contribution >= 4 is 21.4 Å². The molecule has 1 rings (SSSR count). The van der Waals surface area contributed by atoms with Crippen LogP contribution < -0.4 is 5.73 Å². The summed E-state index contributed by atoms with van der Waals surface area (Å²) in [5.41, 5.74) is 5.59. The molecule has 0 radical (unpaired) electrons. The van der Waals surface area contributed by atoms with E-state index in [1.54, 1.807) is 0 Å². The Morgan fingerprint density at radius 3 is 2.50 bits per heavy atom. The van der Waals surface area contributed by atoms with Crippen LogP contribution in [0.2, 0.25) is 0 Å².